The Labute approximate surface area is 152 Å². The van der Waals surface area contributed by atoms with E-state index in [0.29, 0.717) is 12.5 Å². The third-order valence-corrected chi connectivity index (χ3v) is 4.40. The van der Waals surface area contributed by atoms with Crippen LogP contribution in [0.5, 0.6) is 0 Å². The molecule has 0 saturated carbocycles. The van der Waals surface area contributed by atoms with Gasteiger partial charge in [-0.15, -0.1) is 6.58 Å². The lowest BCUT2D eigenvalue weighted by Gasteiger charge is -2.30. The molecule has 0 unspecified atom stereocenters. The molecule has 0 aliphatic rings. The summed E-state index contributed by atoms with van der Waals surface area (Å²) in [5, 5.41) is 3.76. The maximum absolute atomic E-state index is 6.20. The predicted molar refractivity (Wildman–Crippen MR) is 106 cm³/mol. The van der Waals surface area contributed by atoms with Crippen LogP contribution in [-0.2, 0) is 11.3 Å². The van der Waals surface area contributed by atoms with E-state index >= 15 is 0 Å². The molecule has 3 atom stereocenters. The minimum atomic E-state index is -0.0197. The van der Waals surface area contributed by atoms with E-state index in [9.17, 15) is 0 Å². The topological polar surface area (TPSA) is 21.3 Å². The molecule has 25 heavy (non-hydrogen) atoms. The third-order valence-electron chi connectivity index (χ3n) is 4.40. The Morgan fingerprint density at radius 2 is 1.56 bits per heavy atom. The van der Waals surface area contributed by atoms with Crippen molar-refractivity contribution in [3.05, 3.63) is 84.4 Å². The van der Waals surface area contributed by atoms with Crippen LogP contribution in [0.15, 0.2) is 73.3 Å². The van der Waals surface area contributed by atoms with E-state index in [1.807, 2.05) is 24.3 Å². The maximum atomic E-state index is 6.20. The summed E-state index contributed by atoms with van der Waals surface area (Å²) in [7, 11) is 0. The van der Waals surface area contributed by atoms with Gasteiger partial charge in [0.2, 0.25) is 0 Å². The maximum Gasteiger partial charge on any atom is 0.0910 e. The van der Waals surface area contributed by atoms with Crippen LogP contribution < -0.4 is 5.32 Å². The zero-order valence-corrected chi connectivity index (χ0v) is 15.7. The highest BCUT2D eigenvalue weighted by Crippen LogP contribution is 2.19. The van der Waals surface area contributed by atoms with Crippen LogP contribution in [0.2, 0.25) is 0 Å². The minimum Gasteiger partial charge on any atom is -0.368 e. The van der Waals surface area contributed by atoms with E-state index in [0.717, 1.165) is 6.42 Å². The molecule has 0 bridgehead atoms. The quantitative estimate of drug-likeness (QED) is 0.576. The molecule has 0 heterocycles. The Bertz CT molecular complexity index is 609. The standard InChI is InChI=1S/C23H31NO/c1-5-23(25-17-20-12-8-6-9-13-20)22(16-18(2)3)24-19(4)21-14-10-7-11-15-21/h5-15,18-19,22-24H,1,16-17H2,2-4H3/t19-,22-,23-/m1/s1. The Balaban J connectivity index is 2.03. The molecule has 0 amide bonds. The molecule has 2 nitrogen and oxygen atoms in total. The van der Waals surface area contributed by atoms with Gasteiger partial charge in [0.25, 0.3) is 0 Å². The highest BCUT2D eigenvalue weighted by atomic mass is 16.5. The Hall–Kier alpha value is -1.90. The van der Waals surface area contributed by atoms with Gasteiger partial charge in [-0.2, -0.15) is 0 Å². The van der Waals surface area contributed by atoms with Crippen molar-refractivity contribution in [2.45, 2.75) is 52.0 Å². The minimum absolute atomic E-state index is 0.0197. The molecule has 0 spiro atoms. The van der Waals surface area contributed by atoms with E-state index in [4.69, 9.17) is 4.74 Å². The normalized spacial score (nSPS) is 14.9. The summed E-state index contributed by atoms with van der Waals surface area (Å²) in [6.45, 7) is 11.3. The zero-order valence-electron chi connectivity index (χ0n) is 15.7. The zero-order chi connectivity index (χ0) is 18.1. The van der Waals surface area contributed by atoms with Gasteiger partial charge in [-0.05, 0) is 30.4 Å². The van der Waals surface area contributed by atoms with Crippen molar-refractivity contribution in [2.75, 3.05) is 0 Å². The van der Waals surface area contributed by atoms with Gasteiger partial charge in [-0.3, -0.25) is 0 Å². The van der Waals surface area contributed by atoms with Gasteiger partial charge in [0, 0.05) is 12.1 Å². The second-order valence-corrected chi connectivity index (χ2v) is 7.03. The summed E-state index contributed by atoms with van der Waals surface area (Å²) < 4.78 is 6.20. The van der Waals surface area contributed by atoms with Crippen molar-refractivity contribution in [1.29, 1.82) is 0 Å². The highest BCUT2D eigenvalue weighted by molar-refractivity contribution is 5.18. The van der Waals surface area contributed by atoms with E-state index in [-0.39, 0.29) is 18.2 Å². The summed E-state index contributed by atoms with van der Waals surface area (Å²) in [4.78, 5) is 0. The number of rotatable bonds is 10. The van der Waals surface area contributed by atoms with Gasteiger partial charge in [-0.25, -0.2) is 0 Å². The van der Waals surface area contributed by atoms with Crippen molar-refractivity contribution in [1.82, 2.24) is 5.32 Å². The molecular formula is C23H31NO. The fraction of sp³-hybridized carbons (Fsp3) is 0.391. The van der Waals surface area contributed by atoms with Crippen LogP contribution in [0.25, 0.3) is 0 Å². The van der Waals surface area contributed by atoms with E-state index < -0.39 is 0 Å². The second kappa shape index (κ2) is 10.2. The summed E-state index contributed by atoms with van der Waals surface area (Å²) in [6.07, 6.45) is 2.96. The third kappa shape index (κ3) is 6.49. The SMILES string of the molecule is C=C[C@@H](OCc1ccccc1)[C@@H](CC(C)C)N[C@H](C)c1ccccc1. The molecule has 2 aromatic rings. The van der Waals surface area contributed by atoms with Crippen LogP contribution in [-0.4, -0.2) is 12.1 Å². The van der Waals surface area contributed by atoms with Gasteiger partial charge in [0.05, 0.1) is 12.7 Å². The lowest BCUT2D eigenvalue weighted by Crippen LogP contribution is -2.42. The van der Waals surface area contributed by atoms with Crippen molar-refractivity contribution in [3.63, 3.8) is 0 Å². The van der Waals surface area contributed by atoms with Crippen molar-refractivity contribution in [3.8, 4) is 0 Å². The average Bonchev–Trinajstić information content (AvgIpc) is 2.63. The molecule has 0 fully saturated rings. The summed E-state index contributed by atoms with van der Waals surface area (Å²) in [6, 6.07) is 21.4. The smallest absolute Gasteiger partial charge is 0.0910 e. The predicted octanol–water partition coefficient (Wildman–Crippen LogP) is 5.52. The van der Waals surface area contributed by atoms with Gasteiger partial charge in [-0.1, -0.05) is 80.6 Å². The van der Waals surface area contributed by atoms with Gasteiger partial charge < -0.3 is 10.1 Å². The Morgan fingerprint density at radius 1 is 0.960 bits per heavy atom. The first-order valence-corrected chi connectivity index (χ1v) is 9.19. The largest absolute Gasteiger partial charge is 0.368 e. The van der Waals surface area contributed by atoms with Gasteiger partial charge in [0.1, 0.15) is 0 Å². The fourth-order valence-electron chi connectivity index (χ4n) is 3.08. The molecule has 0 aromatic heterocycles. The van der Waals surface area contributed by atoms with Crippen LogP contribution in [0.1, 0.15) is 44.4 Å². The van der Waals surface area contributed by atoms with Crippen LogP contribution in [0.3, 0.4) is 0 Å². The van der Waals surface area contributed by atoms with Gasteiger partial charge >= 0.3 is 0 Å². The lowest BCUT2D eigenvalue weighted by molar-refractivity contribution is 0.0380. The molecule has 0 aliphatic carbocycles. The van der Waals surface area contributed by atoms with E-state index in [1.54, 1.807) is 0 Å². The van der Waals surface area contributed by atoms with Crippen LogP contribution in [0.4, 0.5) is 0 Å². The van der Waals surface area contributed by atoms with Crippen LogP contribution in [0, 0.1) is 5.92 Å². The number of benzene rings is 2. The van der Waals surface area contributed by atoms with Crippen LogP contribution >= 0.6 is 0 Å². The molecule has 2 rings (SSSR count). The fourth-order valence-corrected chi connectivity index (χ4v) is 3.08. The molecular weight excluding hydrogens is 306 g/mol. The highest BCUT2D eigenvalue weighted by Gasteiger charge is 2.23. The molecule has 1 N–H and O–H groups in total. The Kier molecular flexibility index (Phi) is 7.90. The number of hydrogen-bond donors (Lipinski definition) is 1. The second-order valence-electron chi connectivity index (χ2n) is 7.03. The molecule has 0 aliphatic heterocycles. The summed E-state index contributed by atoms with van der Waals surface area (Å²) in [5.41, 5.74) is 2.48. The first-order chi connectivity index (χ1) is 12.1. The van der Waals surface area contributed by atoms with Crippen molar-refractivity contribution in [2.24, 2.45) is 5.92 Å². The molecule has 2 heteroatoms. The first kappa shape index (κ1) is 19.4. The number of nitrogens with one attached hydrogen (secondary N) is 1. The molecule has 134 valence electrons. The van der Waals surface area contributed by atoms with E-state index in [2.05, 4.69) is 75.1 Å². The average molecular weight is 338 g/mol. The van der Waals surface area contributed by atoms with Crippen molar-refractivity contribution < 1.29 is 4.74 Å². The van der Waals surface area contributed by atoms with Gasteiger partial charge in [0.15, 0.2) is 0 Å². The monoisotopic (exact) mass is 337 g/mol. The summed E-state index contributed by atoms with van der Waals surface area (Å²) >= 11 is 0. The molecule has 0 saturated heterocycles. The number of ether oxygens (including phenoxy) is 1. The summed E-state index contributed by atoms with van der Waals surface area (Å²) in [5.74, 6) is 0.586. The molecule has 0 radical (unpaired) electrons. The molecule has 2 aromatic carbocycles. The number of hydrogen-bond acceptors (Lipinski definition) is 2. The van der Waals surface area contributed by atoms with E-state index in [1.165, 1.54) is 11.1 Å². The Morgan fingerprint density at radius 3 is 2.12 bits per heavy atom. The first-order valence-electron chi connectivity index (χ1n) is 9.19. The van der Waals surface area contributed by atoms with Crippen molar-refractivity contribution >= 4 is 0 Å². The lowest BCUT2D eigenvalue weighted by atomic mass is 9.97.